The molecule has 0 radical (unpaired) electrons. The maximum atomic E-state index is 13.0. The molecular weight excluding hydrogens is 391 g/mol. The van der Waals surface area contributed by atoms with Gasteiger partial charge in [0.05, 0.1) is 11.3 Å². The Morgan fingerprint density at radius 1 is 1.22 bits per heavy atom. The fraction of sp³-hybridized carbons (Fsp3) is 0.400. The van der Waals surface area contributed by atoms with Gasteiger partial charge in [0.25, 0.3) is 0 Å². The van der Waals surface area contributed by atoms with Crippen LogP contribution in [0.3, 0.4) is 0 Å². The summed E-state index contributed by atoms with van der Waals surface area (Å²) >= 11 is 4.50. The minimum Gasteiger partial charge on any atom is -0.375 e. The van der Waals surface area contributed by atoms with Crippen molar-refractivity contribution < 1.29 is 13.2 Å². The largest absolute Gasteiger partial charge is 0.416 e. The molecule has 0 saturated carbocycles. The highest BCUT2D eigenvalue weighted by Crippen LogP contribution is 2.37. The Labute approximate surface area is 144 Å². The van der Waals surface area contributed by atoms with E-state index in [0.717, 1.165) is 42.9 Å². The van der Waals surface area contributed by atoms with Gasteiger partial charge in [-0.15, -0.1) is 11.3 Å². The van der Waals surface area contributed by atoms with Crippen molar-refractivity contribution in [1.82, 2.24) is 9.88 Å². The van der Waals surface area contributed by atoms with E-state index in [9.17, 15) is 13.2 Å². The predicted molar refractivity (Wildman–Crippen MR) is 89.2 cm³/mol. The Morgan fingerprint density at radius 3 is 2.57 bits per heavy atom. The van der Waals surface area contributed by atoms with Crippen LogP contribution in [-0.4, -0.2) is 23.0 Å². The lowest BCUT2D eigenvalue weighted by Gasteiger charge is -2.14. The van der Waals surface area contributed by atoms with Gasteiger partial charge >= 0.3 is 6.18 Å². The molecule has 1 fully saturated rings. The molecule has 0 amide bonds. The Hall–Kier alpha value is -1.12. The Morgan fingerprint density at radius 2 is 1.91 bits per heavy atom. The van der Waals surface area contributed by atoms with Crippen molar-refractivity contribution in [3.8, 4) is 11.3 Å². The average Bonchev–Trinajstić information content (AvgIpc) is 3.07. The first-order valence-electron chi connectivity index (χ1n) is 7.18. The Balaban J connectivity index is 1.99. The summed E-state index contributed by atoms with van der Waals surface area (Å²) in [6.07, 6.45) is -2.09. The third-order valence-electron chi connectivity index (χ3n) is 3.78. The van der Waals surface area contributed by atoms with E-state index in [1.807, 2.05) is 0 Å². The van der Waals surface area contributed by atoms with Crippen molar-refractivity contribution in [3.63, 3.8) is 0 Å². The van der Waals surface area contributed by atoms with Gasteiger partial charge in [0.15, 0.2) is 5.13 Å². The summed E-state index contributed by atoms with van der Waals surface area (Å²) in [6.45, 7) is 2.69. The van der Waals surface area contributed by atoms with Crippen LogP contribution in [0.4, 0.5) is 18.3 Å². The summed E-state index contributed by atoms with van der Waals surface area (Å²) in [5.74, 6) is 0. The molecule has 23 heavy (non-hydrogen) atoms. The molecule has 0 atom stereocenters. The fourth-order valence-electron chi connectivity index (χ4n) is 2.74. The number of likely N-dealkylation sites (tertiary alicyclic amines) is 1. The number of halogens is 4. The topological polar surface area (TPSA) is 42.1 Å². The summed E-state index contributed by atoms with van der Waals surface area (Å²) in [7, 11) is 0. The monoisotopic (exact) mass is 405 g/mol. The number of benzene rings is 1. The standard InChI is InChI=1S/C15H15BrF3N3S/c16-11-6-9(5-10(7-11)15(17,18)19)13-12(23-14(20)21-13)8-22-3-1-2-4-22/h5-7H,1-4,8H2,(H2,20,21). The first-order valence-corrected chi connectivity index (χ1v) is 8.79. The molecule has 0 bridgehead atoms. The molecule has 1 saturated heterocycles. The quantitative estimate of drug-likeness (QED) is 0.799. The van der Waals surface area contributed by atoms with Crippen molar-refractivity contribution in [3.05, 3.63) is 33.1 Å². The van der Waals surface area contributed by atoms with Crippen LogP contribution in [0.1, 0.15) is 23.3 Å². The molecule has 8 heteroatoms. The number of hydrogen-bond donors (Lipinski definition) is 1. The lowest BCUT2D eigenvalue weighted by atomic mass is 10.1. The third-order valence-corrected chi connectivity index (χ3v) is 5.11. The van der Waals surface area contributed by atoms with Crippen LogP contribution in [0.5, 0.6) is 0 Å². The summed E-state index contributed by atoms with van der Waals surface area (Å²) < 4.78 is 39.5. The zero-order valence-electron chi connectivity index (χ0n) is 12.2. The van der Waals surface area contributed by atoms with Crippen LogP contribution >= 0.6 is 27.3 Å². The molecule has 0 unspecified atom stereocenters. The van der Waals surface area contributed by atoms with E-state index in [1.165, 1.54) is 11.3 Å². The maximum Gasteiger partial charge on any atom is 0.416 e. The first kappa shape index (κ1) is 16.7. The second kappa shape index (κ2) is 6.41. The third kappa shape index (κ3) is 3.87. The van der Waals surface area contributed by atoms with E-state index < -0.39 is 11.7 Å². The Kier molecular flexibility index (Phi) is 4.66. The van der Waals surface area contributed by atoms with Gasteiger partial charge in [-0.1, -0.05) is 15.9 Å². The number of nitrogens with two attached hydrogens (primary N) is 1. The molecule has 0 spiro atoms. The molecule has 1 aliphatic rings. The highest BCUT2D eigenvalue weighted by atomic mass is 79.9. The van der Waals surface area contributed by atoms with Gasteiger partial charge in [-0.25, -0.2) is 4.98 Å². The number of aromatic nitrogens is 1. The van der Waals surface area contributed by atoms with E-state index in [1.54, 1.807) is 6.07 Å². The number of nitrogen functional groups attached to an aromatic ring is 1. The summed E-state index contributed by atoms with van der Waals surface area (Å²) in [6, 6.07) is 3.85. The summed E-state index contributed by atoms with van der Waals surface area (Å²) in [5.41, 5.74) is 6.10. The first-order chi connectivity index (χ1) is 10.8. The highest BCUT2D eigenvalue weighted by Gasteiger charge is 2.31. The lowest BCUT2D eigenvalue weighted by Crippen LogP contribution is -2.18. The van der Waals surface area contributed by atoms with Crippen LogP contribution in [0.15, 0.2) is 22.7 Å². The molecule has 1 aromatic heterocycles. The number of anilines is 1. The molecule has 1 aliphatic heterocycles. The van der Waals surface area contributed by atoms with E-state index in [2.05, 4.69) is 25.8 Å². The molecule has 2 N–H and O–H groups in total. The zero-order chi connectivity index (χ0) is 16.6. The average molecular weight is 406 g/mol. The van der Waals surface area contributed by atoms with Gasteiger partial charge < -0.3 is 5.73 Å². The SMILES string of the molecule is Nc1nc(-c2cc(Br)cc(C(F)(F)F)c2)c(CN2CCCC2)s1. The maximum absolute atomic E-state index is 13.0. The van der Waals surface area contributed by atoms with Crippen LogP contribution in [0.2, 0.25) is 0 Å². The normalized spacial score (nSPS) is 16.2. The molecule has 3 nitrogen and oxygen atoms in total. The van der Waals surface area contributed by atoms with Crippen LogP contribution in [0.25, 0.3) is 11.3 Å². The van der Waals surface area contributed by atoms with Gasteiger partial charge in [0.1, 0.15) is 0 Å². The van der Waals surface area contributed by atoms with E-state index >= 15 is 0 Å². The number of nitrogens with zero attached hydrogens (tertiary/aromatic N) is 2. The number of rotatable bonds is 3. The van der Waals surface area contributed by atoms with Gasteiger partial charge in [-0.05, 0) is 44.1 Å². The number of thiazole rings is 1. The smallest absolute Gasteiger partial charge is 0.375 e. The highest BCUT2D eigenvalue weighted by molar-refractivity contribution is 9.10. The fourth-order valence-corrected chi connectivity index (χ4v) is 4.13. The van der Waals surface area contributed by atoms with Crippen molar-refractivity contribution in [2.24, 2.45) is 0 Å². The summed E-state index contributed by atoms with van der Waals surface area (Å²) in [4.78, 5) is 7.46. The number of alkyl halides is 3. The second-order valence-corrected chi connectivity index (χ2v) is 7.56. The zero-order valence-corrected chi connectivity index (χ0v) is 14.6. The van der Waals surface area contributed by atoms with Gasteiger partial charge in [-0.3, -0.25) is 4.90 Å². The van der Waals surface area contributed by atoms with E-state index in [-0.39, 0.29) is 0 Å². The Bertz CT molecular complexity index is 708. The number of hydrogen-bond acceptors (Lipinski definition) is 4. The molecule has 3 rings (SSSR count). The molecule has 2 heterocycles. The van der Waals surface area contributed by atoms with E-state index in [0.29, 0.717) is 27.4 Å². The van der Waals surface area contributed by atoms with Crippen LogP contribution in [-0.2, 0) is 12.7 Å². The molecular formula is C15H15BrF3N3S. The molecule has 2 aromatic rings. The molecule has 124 valence electrons. The predicted octanol–water partition coefficient (Wildman–Crippen LogP) is 4.77. The van der Waals surface area contributed by atoms with Gasteiger partial charge in [0, 0.05) is 21.5 Å². The van der Waals surface area contributed by atoms with Gasteiger partial charge in [-0.2, -0.15) is 13.2 Å². The van der Waals surface area contributed by atoms with Crippen LogP contribution in [0, 0.1) is 0 Å². The van der Waals surface area contributed by atoms with Crippen molar-refractivity contribution >= 4 is 32.4 Å². The molecule has 1 aromatic carbocycles. The summed E-state index contributed by atoms with van der Waals surface area (Å²) in [5, 5.41) is 0.378. The molecule has 0 aliphatic carbocycles. The van der Waals surface area contributed by atoms with Gasteiger partial charge in [0.2, 0.25) is 0 Å². The van der Waals surface area contributed by atoms with E-state index in [4.69, 9.17) is 5.73 Å². The van der Waals surface area contributed by atoms with Crippen LogP contribution < -0.4 is 5.73 Å². The minimum atomic E-state index is -4.39. The van der Waals surface area contributed by atoms with Crippen molar-refractivity contribution in [2.45, 2.75) is 25.6 Å². The van der Waals surface area contributed by atoms with Crippen molar-refractivity contribution in [1.29, 1.82) is 0 Å². The second-order valence-electron chi connectivity index (χ2n) is 5.53. The van der Waals surface area contributed by atoms with Crippen molar-refractivity contribution in [2.75, 3.05) is 18.8 Å². The minimum absolute atomic E-state index is 0.376. The lowest BCUT2D eigenvalue weighted by molar-refractivity contribution is -0.137.